The first-order chi connectivity index (χ1) is 14.0. The van der Waals surface area contributed by atoms with Gasteiger partial charge in [0.1, 0.15) is 5.75 Å². The topological polar surface area (TPSA) is 99.0 Å². The van der Waals surface area contributed by atoms with Gasteiger partial charge in [0, 0.05) is 16.8 Å². The zero-order chi connectivity index (χ0) is 20.4. The fourth-order valence-corrected chi connectivity index (χ4v) is 2.95. The molecule has 1 aromatic heterocycles. The third-order valence-electron chi connectivity index (χ3n) is 4.72. The second-order valence-electron chi connectivity index (χ2n) is 7.09. The fourth-order valence-electron chi connectivity index (χ4n) is 2.95. The second kappa shape index (κ2) is 7.83. The van der Waals surface area contributed by atoms with Crippen molar-refractivity contribution in [1.29, 1.82) is 0 Å². The zero-order valence-electron chi connectivity index (χ0n) is 16.2. The van der Waals surface area contributed by atoms with Crippen molar-refractivity contribution in [2.45, 2.75) is 38.8 Å². The van der Waals surface area contributed by atoms with E-state index >= 15 is 0 Å². The lowest BCUT2D eigenvalue weighted by Gasteiger charge is -2.15. The minimum Gasteiger partial charge on any atom is -0.481 e. The Hall–Kier alpha value is -3.55. The number of nitrogens with one attached hydrogen (secondary N) is 1. The Morgan fingerprint density at radius 2 is 1.93 bits per heavy atom. The van der Waals surface area contributed by atoms with Gasteiger partial charge in [-0.2, -0.15) is 0 Å². The predicted molar refractivity (Wildman–Crippen MR) is 107 cm³/mol. The van der Waals surface area contributed by atoms with E-state index in [9.17, 15) is 9.59 Å². The number of benzene rings is 2. The minimum atomic E-state index is -0.710. The number of anilines is 1. The highest BCUT2D eigenvalue weighted by atomic mass is 16.5. The quantitative estimate of drug-likeness (QED) is 0.621. The SMILES string of the molecule is CC(=O)c1ccc(O[C@@H](C)C(=O)Nc2cccc(-c3nnnn3C3CC3)c2)cc1. The molecule has 1 heterocycles. The molecule has 4 rings (SSSR count). The van der Waals surface area contributed by atoms with Gasteiger partial charge in [-0.05, 0) is 73.5 Å². The van der Waals surface area contributed by atoms with Crippen LogP contribution in [0.15, 0.2) is 48.5 Å². The largest absolute Gasteiger partial charge is 0.481 e. The molecule has 1 N–H and O–H groups in total. The van der Waals surface area contributed by atoms with Crippen molar-refractivity contribution >= 4 is 17.4 Å². The highest BCUT2D eigenvalue weighted by molar-refractivity contribution is 5.95. The van der Waals surface area contributed by atoms with Gasteiger partial charge in [0.15, 0.2) is 17.7 Å². The third kappa shape index (κ3) is 4.31. The lowest BCUT2D eigenvalue weighted by molar-refractivity contribution is -0.122. The van der Waals surface area contributed by atoms with Gasteiger partial charge in [-0.1, -0.05) is 12.1 Å². The molecule has 1 aliphatic rings. The molecule has 0 bridgehead atoms. The van der Waals surface area contributed by atoms with Gasteiger partial charge in [0.05, 0.1) is 6.04 Å². The Morgan fingerprint density at radius 1 is 1.17 bits per heavy atom. The number of hydrogen-bond donors (Lipinski definition) is 1. The molecule has 0 aliphatic heterocycles. The van der Waals surface area contributed by atoms with Gasteiger partial charge in [0.2, 0.25) is 0 Å². The first-order valence-corrected chi connectivity index (χ1v) is 9.48. The molecular formula is C21H21N5O3. The smallest absolute Gasteiger partial charge is 0.265 e. The number of carbonyl (C=O) groups excluding carboxylic acids is 2. The number of ketones is 1. The zero-order valence-corrected chi connectivity index (χ0v) is 16.2. The Morgan fingerprint density at radius 3 is 2.62 bits per heavy atom. The van der Waals surface area contributed by atoms with E-state index < -0.39 is 6.10 Å². The monoisotopic (exact) mass is 391 g/mol. The summed E-state index contributed by atoms with van der Waals surface area (Å²) in [5.74, 6) is 0.919. The molecule has 8 heteroatoms. The molecule has 0 radical (unpaired) electrons. The number of amides is 1. The van der Waals surface area contributed by atoms with Crippen LogP contribution in [0.25, 0.3) is 11.4 Å². The number of ether oxygens (including phenoxy) is 1. The summed E-state index contributed by atoms with van der Waals surface area (Å²) in [4.78, 5) is 23.9. The molecule has 0 unspecified atom stereocenters. The maximum absolute atomic E-state index is 12.5. The standard InChI is InChI=1S/C21H21N5O3/c1-13(27)15-6-10-19(11-7-15)29-14(2)21(28)22-17-5-3-4-16(12-17)20-23-24-25-26(20)18-8-9-18/h3-7,10-12,14,18H,8-9H2,1-2H3,(H,22,28)/t14-/m0/s1. The average molecular weight is 391 g/mol. The van der Waals surface area contributed by atoms with E-state index in [4.69, 9.17) is 4.74 Å². The molecule has 1 aliphatic carbocycles. The molecule has 8 nitrogen and oxygen atoms in total. The lowest BCUT2D eigenvalue weighted by atomic mass is 10.1. The molecule has 0 spiro atoms. The van der Waals surface area contributed by atoms with Gasteiger partial charge in [0.25, 0.3) is 5.91 Å². The van der Waals surface area contributed by atoms with E-state index in [0.717, 1.165) is 18.4 Å². The van der Waals surface area contributed by atoms with E-state index in [-0.39, 0.29) is 11.7 Å². The summed E-state index contributed by atoms with van der Waals surface area (Å²) in [5, 5.41) is 14.8. The van der Waals surface area contributed by atoms with Crippen molar-refractivity contribution < 1.29 is 14.3 Å². The van der Waals surface area contributed by atoms with Crippen molar-refractivity contribution in [3.63, 3.8) is 0 Å². The predicted octanol–water partition coefficient (Wildman–Crippen LogP) is 3.28. The van der Waals surface area contributed by atoms with Crippen LogP contribution < -0.4 is 10.1 Å². The Labute approximate surface area is 167 Å². The normalized spacial score (nSPS) is 14.3. The summed E-state index contributed by atoms with van der Waals surface area (Å²) in [6.07, 6.45) is 1.45. The lowest BCUT2D eigenvalue weighted by Crippen LogP contribution is -2.30. The van der Waals surface area contributed by atoms with Crippen molar-refractivity contribution in [2.75, 3.05) is 5.32 Å². The van der Waals surface area contributed by atoms with E-state index in [1.807, 2.05) is 22.9 Å². The van der Waals surface area contributed by atoms with Gasteiger partial charge >= 0.3 is 0 Å². The van der Waals surface area contributed by atoms with Crippen molar-refractivity contribution in [3.8, 4) is 17.1 Å². The van der Waals surface area contributed by atoms with E-state index in [2.05, 4.69) is 20.8 Å². The first-order valence-electron chi connectivity index (χ1n) is 9.48. The summed E-state index contributed by atoms with van der Waals surface area (Å²) in [6, 6.07) is 14.5. The maximum Gasteiger partial charge on any atom is 0.265 e. The van der Waals surface area contributed by atoms with Crippen LogP contribution in [0.5, 0.6) is 5.75 Å². The molecule has 1 atom stereocenters. The van der Waals surface area contributed by atoms with Crippen LogP contribution in [0, 0.1) is 0 Å². The Balaban J connectivity index is 1.42. The van der Waals surface area contributed by atoms with Gasteiger partial charge in [-0.3, -0.25) is 9.59 Å². The number of rotatable bonds is 7. The number of nitrogens with zero attached hydrogens (tertiary/aromatic N) is 4. The minimum absolute atomic E-state index is 0.0186. The van der Waals surface area contributed by atoms with Crippen LogP contribution in [0.4, 0.5) is 5.69 Å². The Kier molecular flexibility index (Phi) is 5.07. The van der Waals surface area contributed by atoms with E-state index in [1.165, 1.54) is 6.92 Å². The van der Waals surface area contributed by atoms with Crippen molar-refractivity contribution in [3.05, 3.63) is 54.1 Å². The number of Topliss-reactive ketones (excluding diaryl/α,β-unsaturated/α-hetero) is 1. The molecule has 148 valence electrons. The van der Waals surface area contributed by atoms with Crippen molar-refractivity contribution in [1.82, 2.24) is 20.2 Å². The molecule has 1 amide bonds. The van der Waals surface area contributed by atoms with Crippen LogP contribution in [0.1, 0.15) is 43.1 Å². The molecule has 1 saturated carbocycles. The van der Waals surface area contributed by atoms with Gasteiger partial charge in [-0.15, -0.1) is 5.10 Å². The summed E-state index contributed by atoms with van der Waals surface area (Å²) in [5.41, 5.74) is 2.08. The molecule has 29 heavy (non-hydrogen) atoms. The molecule has 1 fully saturated rings. The van der Waals surface area contributed by atoms with Crippen LogP contribution in [0.3, 0.4) is 0 Å². The second-order valence-corrected chi connectivity index (χ2v) is 7.09. The summed E-state index contributed by atoms with van der Waals surface area (Å²) in [6.45, 7) is 3.18. The maximum atomic E-state index is 12.5. The number of hydrogen-bond acceptors (Lipinski definition) is 6. The molecule has 0 saturated heterocycles. The number of aromatic nitrogens is 4. The van der Waals surface area contributed by atoms with Crippen LogP contribution in [-0.2, 0) is 4.79 Å². The highest BCUT2D eigenvalue weighted by Crippen LogP contribution is 2.36. The molecular weight excluding hydrogens is 370 g/mol. The van der Waals surface area contributed by atoms with Gasteiger partial charge < -0.3 is 10.1 Å². The van der Waals surface area contributed by atoms with Crippen molar-refractivity contribution in [2.24, 2.45) is 0 Å². The summed E-state index contributed by atoms with van der Waals surface area (Å²) < 4.78 is 7.52. The highest BCUT2D eigenvalue weighted by Gasteiger charge is 2.28. The van der Waals surface area contributed by atoms with E-state index in [1.54, 1.807) is 37.3 Å². The number of tetrazole rings is 1. The molecule has 3 aromatic rings. The third-order valence-corrected chi connectivity index (χ3v) is 4.72. The molecule has 2 aromatic carbocycles. The number of carbonyl (C=O) groups is 2. The van der Waals surface area contributed by atoms with Gasteiger partial charge in [-0.25, -0.2) is 4.68 Å². The Bertz CT molecular complexity index is 1040. The summed E-state index contributed by atoms with van der Waals surface area (Å²) in [7, 11) is 0. The van der Waals surface area contributed by atoms with Crippen LogP contribution >= 0.6 is 0 Å². The van der Waals surface area contributed by atoms with Crippen LogP contribution in [-0.4, -0.2) is 38.0 Å². The van der Waals surface area contributed by atoms with E-state index in [0.29, 0.717) is 28.9 Å². The fraction of sp³-hybridized carbons (Fsp3) is 0.286. The first kappa shape index (κ1) is 18.8. The summed E-state index contributed by atoms with van der Waals surface area (Å²) >= 11 is 0. The average Bonchev–Trinajstić information content (AvgIpc) is 3.44. The van der Waals surface area contributed by atoms with Crippen LogP contribution in [0.2, 0.25) is 0 Å².